The highest BCUT2D eigenvalue weighted by Crippen LogP contribution is 2.20. The van der Waals surface area contributed by atoms with Crippen LogP contribution in [0.15, 0.2) is 39.7 Å². The van der Waals surface area contributed by atoms with Crippen LogP contribution in [-0.4, -0.2) is 4.57 Å². The summed E-state index contributed by atoms with van der Waals surface area (Å²) < 4.78 is 7.24. The molecule has 0 radical (unpaired) electrons. The topological polar surface area (TPSA) is 47.2 Å². The molecule has 0 fully saturated rings. The Balaban J connectivity index is 2.16. The number of pyridine rings is 1. The van der Waals surface area contributed by atoms with Crippen LogP contribution in [0.5, 0.6) is 0 Å². The fraction of sp³-hybridized carbons (Fsp3) is 0.357. The summed E-state index contributed by atoms with van der Waals surface area (Å²) in [5.74, 6) is 1.79. The standard InChI is InChI=1S/C14H18N2O2/c1-4-16-9-12(6-8-14(16)17)15-11(3)13-7-5-10(2)18-13/h5-9,11,15H,4H2,1-3H3. The van der Waals surface area contributed by atoms with Crippen molar-refractivity contribution in [2.24, 2.45) is 0 Å². The minimum absolute atomic E-state index is 0.0181. The summed E-state index contributed by atoms with van der Waals surface area (Å²) in [7, 11) is 0. The van der Waals surface area contributed by atoms with Crippen molar-refractivity contribution in [3.05, 3.63) is 52.3 Å². The molecule has 0 amide bonds. The molecular formula is C14H18N2O2. The van der Waals surface area contributed by atoms with Gasteiger partial charge in [0.15, 0.2) is 0 Å². The van der Waals surface area contributed by atoms with Gasteiger partial charge in [0.2, 0.25) is 0 Å². The summed E-state index contributed by atoms with van der Waals surface area (Å²) >= 11 is 0. The SMILES string of the molecule is CCn1cc(NC(C)c2ccc(C)o2)ccc1=O. The van der Waals surface area contributed by atoms with Gasteiger partial charge in [-0.25, -0.2) is 0 Å². The molecule has 0 bridgehead atoms. The third kappa shape index (κ3) is 2.64. The molecular weight excluding hydrogens is 228 g/mol. The van der Waals surface area contributed by atoms with Gasteiger partial charge in [-0.1, -0.05) is 0 Å². The molecule has 2 aromatic rings. The normalized spacial score (nSPS) is 12.4. The van der Waals surface area contributed by atoms with Gasteiger partial charge < -0.3 is 14.3 Å². The Morgan fingerprint density at radius 2 is 2.11 bits per heavy atom. The van der Waals surface area contributed by atoms with Crippen molar-refractivity contribution in [2.75, 3.05) is 5.32 Å². The van der Waals surface area contributed by atoms with Crippen LogP contribution in [0.4, 0.5) is 5.69 Å². The van der Waals surface area contributed by atoms with E-state index in [1.54, 1.807) is 16.7 Å². The first-order chi connectivity index (χ1) is 8.60. The lowest BCUT2D eigenvalue weighted by Crippen LogP contribution is -2.18. The van der Waals surface area contributed by atoms with Crippen LogP contribution in [-0.2, 0) is 6.54 Å². The average Bonchev–Trinajstić information content (AvgIpc) is 2.78. The molecule has 2 aromatic heterocycles. The second-order valence-corrected chi connectivity index (χ2v) is 4.36. The molecule has 0 aromatic carbocycles. The Morgan fingerprint density at radius 1 is 1.33 bits per heavy atom. The first kappa shape index (κ1) is 12.5. The molecule has 0 aliphatic carbocycles. The Kier molecular flexibility index (Phi) is 3.55. The van der Waals surface area contributed by atoms with Crippen LogP contribution in [0.2, 0.25) is 0 Å². The number of rotatable bonds is 4. The smallest absolute Gasteiger partial charge is 0.250 e. The zero-order chi connectivity index (χ0) is 13.1. The maximum Gasteiger partial charge on any atom is 0.250 e. The molecule has 0 saturated carbocycles. The molecule has 0 aliphatic rings. The highest BCUT2D eigenvalue weighted by molar-refractivity contribution is 5.42. The van der Waals surface area contributed by atoms with Crippen LogP contribution in [0.1, 0.15) is 31.4 Å². The summed E-state index contributed by atoms with van der Waals surface area (Å²) in [6.07, 6.45) is 1.83. The number of hydrogen-bond donors (Lipinski definition) is 1. The van der Waals surface area contributed by atoms with Gasteiger partial charge in [0.25, 0.3) is 5.56 Å². The number of furan rings is 1. The fourth-order valence-corrected chi connectivity index (χ4v) is 1.87. The first-order valence-electron chi connectivity index (χ1n) is 6.13. The van der Waals surface area contributed by atoms with Gasteiger partial charge in [-0.3, -0.25) is 4.79 Å². The van der Waals surface area contributed by atoms with Crippen LogP contribution < -0.4 is 10.9 Å². The highest BCUT2D eigenvalue weighted by Gasteiger charge is 2.09. The van der Waals surface area contributed by atoms with E-state index in [0.29, 0.717) is 6.54 Å². The number of anilines is 1. The summed E-state index contributed by atoms with van der Waals surface area (Å²) in [5.41, 5.74) is 0.933. The molecule has 2 heterocycles. The second-order valence-electron chi connectivity index (χ2n) is 4.36. The van der Waals surface area contributed by atoms with Crippen LogP contribution >= 0.6 is 0 Å². The third-order valence-corrected chi connectivity index (χ3v) is 2.90. The predicted octanol–water partition coefficient (Wildman–Crippen LogP) is 2.94. The minimum atomic E-state index is 0.0181. The van der Waals surface area contributed by atoms with Crippen molar-refractivity contribution in [1.29, 1.82) is 0 Å². The van der Waals surface area contributed by atoms with E-state index < -0.39 is 0 Å². The van der Waals surface area contributed by atoms with Gasteiger partial charge in [0.05, 0.1) is 11.7 Å². The molecule has 2 rings (SSSR count). The third-order valence-electron chi connectivity index (χ3n) is 2.90. The number of nitrogens with zero attached hydrogens (tertiary/aromatic N) is 1. The van der Waals surface area contributed by atoms with Crippen molar-refractivity contribution in [3.8, 4) is 0 Å². The van der Waals surface area contributed by atoms with Gasteiger partial charge in [-0.15, -0.1) is 0 Å². The molecule has 4 heteroatoms. The lowest BCUT2D eigenvalue weighted by Gasteiger charge is -2.14. The lowest BCUT2D eigenvalue weighted by molar-refractivity contribution is 0.467. The van der Waals surface area contributed by atoms with E-state index in [2.05, 4.69) is 5.32 Å². The highest BCUT2D eigenvalue weighted by atomic mass is 16.3. The van der Waals surface area contributed by atoms with Gasteiger partial charge >= 0.3 is 0 Å². The van der Waals surface area contributed by atoms with Gasteiger partial charge in [-0.05, 0) is 39.0 Å². The maximum atomic E-state index is 11.5. The Bertz CT molecular complexity index is 583. The van der Waals surface area contributed by atoms with Gasteiger partial charge in [0, 0.05) is 18.8 Å². The minimum Gasteiger partial charge on any atom is -0.464 e. The molecule has 1 N–H and O–H groups in total. The van der Waals surface area contributed by atoms with Gasteiger partial charge in [-0.2, -0.15) is 0 Å². The molecule has 0 saturated heterocycles. The lowest BCUT2D eigenvalue weighted by atomic mass is 10.2. The van der Waals surface area contributed by atoms with Crippen molar-refractivity contribution in [2.45, 2.75) is 33.4 Å². The molecule has 18 heavy (non-hydrogen) atoms. The van der Waals surface area contributed by atoms with E-state index in [-0.39, 0.29) is 11.6 Å². The fourth-order valence-electron chi connectivity index (χ4n) is 1.87. The Labute approximate surface area is 106 Å². The van der Waals surface area contributed by atoms with E-state index >= 15 is 0 Å². The second kappa shape index (κ2) is 5.12. The van der Waals surface area contributed by atoms with E-state index in [1.807, 2.05) is 39.1 Å². The molecule has 0 spiro atoms. The van der Waals surface area contributed by atoms with Crippen LogP contribution in [0.25, 0.3) is 0 Å². The Hall–Kier alpha value is -1.97. The van der Waals surface area contributed by atoms with Crippen LogP contribution in [0, 0.1) is 6.92 Å². The summed E-state index contributed by atoms with van der Waals surface area (Å²) in [5, 5.41) is 3.32. The molecule has 0 aliphatic heterocycles. The molecule has 96 valence electrons. The zero-order valence-corrected chi connectivity index (χ0v) is 10.9. The van der Waals surface area contributed by atoms with E-state index in [4.69, 9.17) is 4.42 Å². The molecule has 1 atom stereocenters. The molecule has 4 nitrogen and oxygen atoms in total. The molecule has 1 unspecified atom stereocenters. The quantitative estimate of drug-likeness (QED) is 0.902. The van der Waals surface area contributed by atoms with E-state index in [0.717, 1.165) is 17.2 Å². The van der Waals surface area contributed by atoms with E-state index in [1.165, 1.54) is 0 Å². The van der Waals surface area contributed by atoms with Crippen molar-refractivity contribution in [3.63, 3.8) is 0 Å². The Morgan fingerprint density at radius 3 is 2.72 bits per heavy atom. The van der Waals surface area contributed by atoms with E-state index in [9.17, 15) is 4.79 Å². The summed E-state index contributed by atoms with van der Waals surface area (Å²) in [4.78, 5) is 11.5. The monoisotopic (exact) mass is 246 g/mol. The summed E-state index contributed by atoms with van der Waals surface area (Å²) in [6, 6.07) is 7.34. The predicted molar refractivity (Wildman–Crippen MR) is 71.9 cm³/mol. The zero-order valence-electron chi connectivity index (χ0n) is 10.9. The van der Waals surface area contributed by atoms with Gasteiger partial charge in [0.1, 0.15) is 11.5 Å². The maximum absolute atomic E-state index is 11.5. The van der Waals surface area contributed by atoms with Crippen molar-refractivity contribution < 1.29 is 4.42 Å². The largest absolute Gasteiger partial charge is 0.464 e. The number of nitrogens with one attached hydrogen (secondary N) is 1. The van der Waals surface area contributed by atoms with Crippen molar-refractivity contribution in [1.82, 2.24) is 4.57 Å². The number of aryl methyl sites for hydroxylation is 2. The number of hydrogen-bond acceptors (Lipinski definition) is 3. The van der Waals surface area contributed by atoms with Crippen LogP contribution in [0.3, 0.4) is 0 Å². The summed E-state index contributed by atoms with van der Waals surface area (Å²) in [6.45, 7) is 6.57. The average molecular weight is 246 g/mol. The number of aromatic nitrogens is 1. The van der Waals surface area contributed by atoms with Crippen molar-refractivity contribution >= 4 is 5.69 Å². The first-order valence-corrected chi connectivity index (χ1v) is 6.13.